The van der Waals surface area contributed by atoms with Crippen molar-refractivity contribution in [1.82, 2.24) is 15.2 Å². The van der Waals surface area contributed by atoms with Gasteiger partial charge in [0.15, 0.2) is 0 Å². The number of benzene rings is 2. The maximum atomic E-state index is 14.1. The number of nitrogens with one attached hydrogen (secondary N) is 1. The first-order chi connectivity index (χ1) is 12.5. The molecular weight excluding hydrogens is 359 g/mol. The van der Waals surface area contributed by atoms with Crippen molar-refractivity contribution in [3.8, 4) is 0 Å². The topological polar surface area (TPSA) is 93.2 Å². The van der Waals surface area contributed by atoms with Crippen molar-refractivity contribution in [2.45, 2.75) is 13.2 Å². The van der Waals surface area contributed by atoms with E-state index in [1.54, 1.807) is 35.0 Å². The van der Waals surface area contributed by atoms with Gasteiger partial charge in [0, 0.05) is 22.0 Å². The molecule has 8 heteroatoms. The largest absolute Gasteiger partial charge is 0.392 e. The number of fused-ring (bicyclic) bond motifs is 1. The van der Waals surface area contributed by atoms with Crippen molar-refractivity contribution >= 4 is 34.5 Å². The summed E-state index contributed by atoms with van der Waals surface area (Å²) in [6.45, 7) is 0.0441. The maximum absolute atomic E-state index is 14.1. The summed E-state index contributed by atoms with van der Waals surface area (Å²) >= 11 is 5.80. The first-order valence-electron chi connectivity index (χ1n) is 7.74. The molecule has 0 bridgehead atoms. The highest BCUT2D eigenvalue weighted by Crippen LogP contribution is 2.24. The molecule has 3 aromatic rings. The molecule has 0 fully saturated rings. The summed E-state index contributed by atoms with van der Waals surface area (Å²) in [5.74, 6) is 4.17. The van der Waals surface area contributed by atoms with Crippen LogP contribution in [0.4, 0.5) is 4.39 Å². The van der Waals surface area contributed by atoms with Crippen molar-refractivity contribution in [1.29, 1.82) is 0 Å². The predicted octanol–water partition coefficient (Wildman–Crippen LogP) is 2.37. The fourth-order valence-corrected chi connectivity index (χ4v) is 2.76. The molecule has 0 aliphatic carbocycles. The van der Waals surface area contributed by atoms with Crippen molar-refractivity contribution in [3.05, 3.63) is 70.1 Å². The Bertz CT molecular complexity index is 1000. The lowest BCUT2D eigenvalue weighted by molar-refractivity contribution is -0.116. The van der Waals surface area contributed by atoms with Crippen LogP contribution in [0.15, 0.2) is 42.5 Å². The second kappa shape index (κ2) is 7.65. The van der Waals surface area contributed by atoms with E-state index in [1.807, 2.05) is 5.43 Å². The summed E-state index contributed by atoms with van der Waals surface area (Å²) in [7, 11) is 0. The third-order valence-electron chi connectivity index (χ3n) is 3.90. The van der Waals surface area contributed by atoms with Crippen LogP contribution in [-0.4, -0.2) is 20.8 Å². The van der Waals surface area contributed by atoms with Crippen LogP contribution in [-0.2, 0) is 17.9 Å². The SMILES string of the molecule is NNC(=O)C=Cc1nn(Cc2ccc(Cl)cc2F)c2cc(CO)ccc12. The molecule has 26 heavy (non-hydrogen) atoms. The Hall–Kier alpha value is -2.74. The Balaban J connectivity index is 2.08. The van der Waals surface area contributed by atoms with Gasteiger partial charge >= 0.3 is 0 Å². The molecule has 0 atom stereocenters. The van der Waals surface area contributed by atoms with Gasteiger partial charge in [-0.15, -0.1) is 0 Å². The highest BCUT2D eigenvalue weighted by molar-refractivity contribution is 6.30. The Labute approximate surface area is 153 Å². The first kappa shape index (κ1) is 18.1. The Morgan fingerprint density at radius 3 is 2.85 bits per heavy atom. The number of hydrazine groups is 1. The number of halogens is 2. The molecule has 0 radical (unpaired) electrons. The third kappa shape index (κ3) is 3.75. The van der Waals surface area contributed by atoms with Crippen molar-refractivity contribution in [2.75, 3.05) is 0 Å². The predicted molar refractivity (Wildman–Crippen MR) is 97.5 cm³/mol. The number of amides is 1. The molecule has 1 aromatic heterocycles. The zero-order valence-electron chi connectivity index (χ0n) is 13.6. The average Bonchev–Trinajstić information content (AvgIpc) is 2.98. The van der Waals surface area contributed by atoms with Crippen LogP contribution in [0.25, 0.3) is 17.0 Å². The molecule has 4 N–H and O–H groups in total. The van der Waals surface area contributed by atoms with E-state index >= 15 is 0 Å². The molecule has 0 aliphatic heterocycles. The van der Waals surface area contributed by atoms with Crippen LogP contribution in [0.5, 0.6) is 0 Å². The van der Waals surface area contributed by atoms with Crippen LogP contribution in [0.3, 0.4) is 0 Å². The van der Waals surface area contributed by atoms with E-state index in [-0.39, 0.29) is 13.2 Å². The lowest BCUT2D eigenvalue weighted by Gasteiger charge is -2.06. The van der Waals surface area contributed by atoms with E-state index in [0.29, 0.717) is 27.4 Å². The summed E-state index contributed by atoms with van der Waals surface area (Å²) in [4.78, 5) is 11.3. The minimum Gasteiger partial charge on any atom is -0.392 e. The maximum Gasteiger partial charge on any atom is 0.257 e. The van der Waals surface area contributed by atoms with Gasteiger partial charge in [0.2, 0.25) is 0 Å². The van der Waals surface area contributed by atoms with Crippen molar-refractivity contribution in [3.63, 3.8) is 0 Å². The zero-order chi connectivity index (χ0) is 18.7. The summed E-state index contributed by atoms with van der Waals surface area (Å²) in [5.41, 5.74) is 4.36. The molecular formula is C18H16ClFN4O2. The van der Waals surface area contributed by atoms with Crippen molar-refractivity contribution < 1.29 is 14.3 Å². The lowest BCUT2D eigenvalue weighted by Crippen LogP contribution is -2.27. The van der Waals surface area contributed by atoms with Crippen LogP contribution >= 0.6 is 11.6 Å². The zero-order valence-corrected chi connectivity index (χ0v) is 14.4. The Morgan fingerprint density at radius 2 is 2.15 bits per heavy atom. The number of carbonyl (C=O) groups is 1. The van der Waals surface area contributed by atoms with Gasteiger partial charge in [0.1, 0.15) is 5.82 Å². The second-order valence-corrected chi connectivity index (χ2v) is 6.07. The molecule has 0 spiro atoms. The summed E-state index contributed by atoms with van der Waals surface area (Å²) in [6, 6.07) is 9.78. The number of aliphatic hydroxyl groups is 1. The monoisotopic (exact) mass is 374 g/mol. The van der Waals surface area contributed by atoms with Crippen LogP contribution in [0.2, 0.25) is 5.02 Å². The molecule has 0 aliphatic rings. The number of aromatic nitrogens is 2. The quantitative estimate of drug-likeness (QED) is 0.276. The van der Waals surface area contributed by atoms with Gasteiger partial charge in [-0.05, 0) is 29.8 Å². The third-order valence-corrected chi connectivity index (χ3v) is 4.13. The highest BCUT2D eigenvalue weighted by atomic mass is 35.5. The first-order valence-corrected chi connectivity index (χ1v) is 8.12. The van der Waals surface area contributed by atoms with Gasteiger partial charge < -0.3 is 5.11 Å². The number of nitrogens with zero attached hydrogens (tertiary/aromatic N) is 2. The van der Waals surface area contributed by atoms with Gasteiger partial charge in [0.25, 0.3) is 5.91 Å². The fraction of sp³-hybridized carbons (Fsp3) is 0.111. The lowest BCUT2D eigenvalue weighted by atomic mass is 10.1. The summed E-state index contributed by atoms with van der Waals surface area (Å²) in [6.07, 6.45) is 2.78. The molecule has 1 heterocycles. The highest BCUT2D eigenvalue weighted by Gasteiger charge is 2.12. The van der Waals surface area contributed by atoms with E-state index in [2.05, 4.69) is 5.10 Å². The second-order valence-electron chi connectivity index (χ2n) is 5.63. The number of hydrogen-bond acceptors (Lipinski definition) is 4. The number of hydrogen-bond donors (Lipinski definition) is 3. The molecule has 0 saturated carbocycles. The standard InChI is InChI=1S/C18H16ClFN4O2/c19-13-3-2-12(15(20)8-13)9-24-17-7-11(10-25)1-4-14(17)16(23-24)5-6-18(26)22-21/h1-8,25H,9-10,21H2,(H,22,26). The molecule has 2 aromatic carbocycles. The summed E-state index contributed by atoms with van der Waals surface area (Å²) < 4.78 is 15.8. The Morgan fingerprint density at radius 1 is 1.35 bits per heavy atom. The fourth-order valence-electron chi connectivity index (χ4n) is 2.60. The minimum atomic E-state index is -0.469. The van der Waals surface area contributed by atoms with Gasteiger partial charge in [-0.1, -0.05) is 29.8 Å². The van der Waals surface area contributed by atoms with Crippen LogP contribution in [0.1, 0.15) is 16.8 Å². The van der Waals surface area contributed by atoms with Gasteiger partial charge in [-0.3, -0.25) is 14.9 Å². The number of rotatable bonds is 5. The number of carbonyl (C=O) groups excluding carboxylic acids is 1. The van der Waals surface area contributed by atoms with Gasteiger partial charge in [-0.25, -0.2) is 10.2 Å². The molecule has 3 rings (SSSR count). The molecule has 0 unspecified atom stereocenters. The molecule has 6 nitrogen and oxygen atoms in total. The molecule has 1 amide bonds. The van der Waals surface area contributed by atoms with E-state index in [0.717, 1.165) is 5.39 Å². The van der Waals surface area contributed by atoms with E-state index < -0.39 is 11.7 Å². The minimum absolute atomic E-state index is 0.128. The summed E-state index contributed by atoms with van der Waals surface area (Å²) in [5, 5.41) is 14.9. The average molecular weight is 375 g/mol. The number of nitrogens with two attached hydrogens (primary N) is 1. The van der Waals surface area contributed by atoms with Crippen molar-refractivity contribution in [2.24, 2.45) is 5.84 Å². The normalized spacial score (nSPS) is 11.4. The van der Waals surface area contributed by atoms with Crippen LogP contribution < -0.4 is 11.3 Å². The van der Waals surface area contributed by atoms with Crippen LogP contribution in [0, 0.1) is 5.82 Å². The number of aliphatic hydroxyl groups excluding tert-OH is 1. The van der Waals surface area contributed by atoms with E-state index in [1.165, 1.54) is 18.2 Å². The Kier molecular flexibility index (Phi) is 5.32. The van der Waals surface area contributed by atoms with Gasteiger partial charge in [0.05, 0.1) is 24.4 Å². The molecule has 0 saturated heterocycles. The molecule has 134 valence electrons. The smallest absolute Gasteiger partial charge is 0.257 e. The van der Waals surface area contributed by atoms with E-state index in [4.69, 9.17) is 17.4 Å². The van der Waals surface area contributed by atoms with Gasteiger partial charge in [-0.2, -0.15) is 5.10 Å². The van der Waals surface area contributed by atoms with E-state index in [9.17, 15) is 14.3 Å².